The molecule has 90 valence electrons. The Balaban J connectivity index is 2.19. The van der Waals surface area contributed by atoms with Gasteiger partial charge in [-0.1, -0.05) is 20.8 Å². The molecule has 0 saturated carbocycles. The van der Waals surface area contributed by atoms with Gasteiger partial charge in [0.25, 0.3) is 0 Å². The van der Waals surface area contributed by atoms with Crippen molar-refractivity contribution < 1.29 is 4.74 Å². The topological polar surface area (TPSA) is 12.5 Å². The normalized spacial score (nSPS) is 25.4. The van der Waals surface area contributed by atoms with Crippen molar-refractivity contribution >= 4 is 0 Å². The Morgan fingerprint density at radius 3 is 2.33 bits per heavy atom. The predicted molar refractivity (Wildman–Crippen MR) is 65.1 cm³/mol. The molecule has 1 aliphatic heterocycles. The molecule has 0 radical (unpaired) electrons. The van der Waals surface area contributed by atoms with E-state index >= 15 is 0 Å². The fraction of sp³-hybridized carbons (Fsp3) is 1.00. The summed E-state index contributed by atoms with van der Waals surface area (Å²) >= 11 is 0. The molecule has 0 aliphatic carbocycles. The van der Waals surface area contributed by atoms with Gasteiger partial charge in [0.15, 0.2) is 0 Å². The molecule has 1 saturated heterocycles. The molecule has 0 aromatic carbocycles. The van der Waals surface area contributed by atoms with E-state index in [4.69, 9.17) is 4.74 Å². The maximum absolute atomic E-state index is 5.96. The molecule has 2 unspecified atom stereocenters. The van der Waals surface area contributed by atoms with Crippen LogP contribution in [0.4, 0.5) is 0 Å². The summed E-state index contributed by atoms with van der Waals surface area (Å²) in [5.41, 5.74) is 0. The number of rotatable bonds is 5. The van der Waals surface area contributed by atoms with Crippen LogP contribution in [-0.4, -0.2) is 36.7 Å². The molecular weight excluding hydrogens is 186 g/mol. The van der Waals surface area contributed by atoms with Crippen LogP contribution in [0.25, 0.3) is 0 Å². The van der Waals surface area contributed by atoms with Crippen molar-refractivity contribution in [1.82, 2.24) is 4.90 Å². The third kappa shape index (κ3) is 4.12. The largest absolute Gasteiger partial charge is 0.377 e. The van der Waals surface area contributed by atoms with Gasteiger partial charge in [-0.05, 0) is 32.1 Å². The molecule has 1 rings (SSSR count). The minimum absolute atomic E-state index is 0.480. The van der Waals surface area contributed by atoms with Crippen LogP contribution >= 0.6 is 0 Å². The van der Waals surface area contributed by atoms with E-state index in [9.17, 15) is 0 Å². The second-order valence-electron chi connectivity index (χ2n) is 5.55. The molecular formula is C13H27NO. The van der Waals surface area contributed by atoms with Gasteiger partial charge in [-0.25, -0.2) is 0 Å². The third-order valence-corrected chi connectivity index (χ3v) is 3.64. The van der Waals surface area contributed by atoms with E-state index in [0.29, 0.717) is 18.1 Å². The molecule has 2 heteroatoms. The van der Waals surface area contributed by atoms with Gasteiger partial charge in [0.05, 0.1) is 6.10 Å². The first-order valence-corrected chi connectivity index (χ1v) is 6.36. The monoisotopic (exact) mass is 213 g/mol. The highest BCUT2D eigenvalue weighted by Gasteiger charge is 2.25. The Labute approximate surface area is 95.0 Å². The Hall–Kier alpha value is -0.0800. The van der Waals surface area contributed by atoms with Crippen molar-refractivity contribution in [3.05, 3.63) is 0 Å². The van der Waals surface area contributed by atoms with E-state index in [1.54, 1.807) is 0 Å². The van der Waals surface area contributed by atoms with Gasteiger partial charge in [0, 0.05) is 25.7 Å². The molecule has 0 bridgehead atoms. The average molecular weight is 213 g/mol. The van der Waals surface area contributed by atoms with E-state index in [1.165, 1.54) is 13.0 Å². The average Bonchev–Trinajstić information content (AvgIpc) is 2.62. The first-order chi connectivity index (χ1) is 7.00. The molecule has 2 atom stereocenters. The summed E-state index contributed by atoms with van der Waals surface area (Å²) in [7, 11) is 0. The van der Waals surface area contributed by atoms with Crippen LogP contribution in [0.1, 0.15) is 41.0 Å². The molecule has 1 fully saturated rings. The zero-order valence-corrected chi connectivity index (χ0v) is 11.0. The Kier molecular flexibility index (Phi) is 5.07. The molecule has 0 aromatic rings. The van der Waals surface area contributed by atoms with Crippen molar-refractivity contribution in [3.8, 4) is 0 Å². The van der Waals surface area contributed by atoms with E-state index in [1.807, 2.05) is 0 Å². The molecule has 0 amide bonds. The molecule has 1 heterocycles. The van der Waals surface area contributed by atoms with Crippen molar-refractivity contribution in [2.45, 2.75) is 53.2 Å². The molecule has 0 N–H and O–H groups in total. The van der Waals surface area contributed by atoms with Crippen LogP contribution in [0, 0.1) is 11.8 Å². The summed E-state index contributed by atoms with van der Waals surface area (Å²) < 4.78 is 5.96. The maximum Gasteiger partial charge on any atom is 0.0714 e. The lowest BCUT2D eigenvalue weighted by Gasteiger charge is -2.21. The summed E-state index contributed by atoms with van der Waals surface area (Å²) in [5.74, 6) is 1.41. The Morgan fingerprint density at radius 2 is 1.87 bits per heavy atom. The zero-order valence-electron chi connectivity index (χ0n) is 11.0. The summed E-state index contributed by atoms with van der Waals surface area (Å²) in [6.45, 7) is 14.6. The van der Waals surface area contributed by atoms with Crippen LogP contribution in [0.5, 0.6) is 0 Å². The van der Waals surface area contributed by atoms with E-state index in [2.05, 4.69) is 39.5 Å². The number of ether oxygens (including phenoxy) is 1. The standard InChI is InChI=1S/C13H27NO/c1-10(2)12(5)9-15-13-6-7-14(8-13)11(3)4/h10-13H,6-9H2,1-5H3. The van der Waals surface area contributed by atoms with E-state index < -0.39 is 0 Å². The minimum atomic E-state index is 0.480. The summed E-state index contributed by atoms with van der Waals surface area (Å²) in [6.07, 6.45) is 1.69. The smallest absolute Gasteiger partial charge is 0.0714 e. The van der Waals surface area contributed by atoms with Gasteiger partial charge in [0.2, 0.25) is 0 Å². The molecule has 2 nitrogen and oxygen atoms in total. The van der Waals surface area contributed by atoms with Gasteiger partial charge in [-0.2, -0.15) is 0 Å². The van der Waals surface area contributed by atoms with Crippen LogP contribution in [0.15, 0.2) is 0 Å². The summed E-state index contributed by atoms with van der Waals surface area (Å²) in [4.78, 5) is 2.50. The van der Waals surface area contributed by atoms with Gasteiger partial charge < -0.3 is 4.74 Å². The number of hydrogen-bond acceptors (Lipinski definition) is 2. The van der Waals surface area contributed by atoms with Crippen LogP contribution in [-0.2, 0) is 4.74 Å². The number of nitrogens with zero attached hydrogens (tertiary/aromatic N) is 1. The van der Waals surface area contributed by atoms with Crippen molar-refractivity contribution in [1.29, 1.82) is 0 Å². The zero-order chi connectivity index (χ0) is 11.4. The highest BCUT2D eigenvalue weighted by atomic mass is 16.5. The van der Waals surface area contributed by atoms with E-state index in [0.717, 1.165) is 19.1 Å². The second-order valence-corrected chi connectivity index (χ2v) is 5.55. The maximum atomic E-state index is 5.96. The fourth-order valence-corrected chi connectivity index (χ4v) is 1.84. The third-order valence-electron chi connectivity index (χ3n) is 3.64. The first-order valence-electron chi connectivity index (χ1n) is 6.36. The number of likely N-dealkylation sites (tertiary alicyclic amines) is 1. The highest BCUT2D eigenvalue weighted by Crippen LogP contribution is 2.17. The predicted octanol–water partition coefficient (Wildman–Crippen LogP) is 2.78. The summed E-state index contributed by atoms with van der Waals surface area (Å²) in [6, 6.07) is 0.668. The van der Waals surface area contributed by atoms with Gasteiger partial charge >= 0.3 is 0 Å². The van der Waals surface area contributed by atoms with Crippen molar-refractivity contribution in [2.75, 3.05) is 19.7 Å². The Bertz CT molecular complexity index is 179. The Morgan fingerprint density at radius 1 is 1.20 bits per heavy atom. The molecule has 1 aliphatic rings. The summed E-state index contributed by atoms with van der Waals surface area (Å²) in [5, 5.41) is 0. The second kappa shape index (κ2) is 5.86. The van der Waals surface area contributed by atoms with E-state index in [-0.39, 0.29) is 0 Å². The fourth-order valence-electron chi connectivity index (χ4n) is 1.84. The number of hydrogen-bond donors (Lipinski definition) is 0. The van der Waals surface area contributed by atoms with Crippen molar-refractivity contribution in [3.63, 3.8) is 0 Å². The first kappa shape index (κ1) is 13.0. The van der Waals surface area contributed by atoms with Crippen molar-refractivity contribution in [2.24, 2.45) is 11.8 Å². The molecule has 0 spiro atoms. The lowest BCUT2D eigenvalue weighted by Crippen LogP contribution is -2.30. The lowest BCUT2D eigenvalue weighted by molar-refractivity contribution is 0.0270. The van der Waals surface area contributed by atoms with Gasteiger partial charge in [0.1, 0.15) is 0 Å². The minimum Gasteiger partial charge on any atom is -0.377 e. The lowest BCUT2D eigenvalue weighted by atomic mass is 9.99. The highest BCUT2D eigenvalue weighted by molar-refractivity contribution is 4.78. The van der Waals surface area contributed by atoms with Gasteiger partial charge in [-0.3, -0.25) is 4.90 Å². The van der Waals surface area contributed by atoms with Gasteiger partial charge in [-0.15, -0.1) is 0 Å². The quantitative estimate of drug-likeness (QED) is 0.696. The molecule has 0 aromatic heterocycles. The molecule has 15 heavy (non-hydrogen) atoms. The van der Waals surface area contributed by atoms with Crippen LogP contribution in [0.3, 0.4) is 0 Å². The van der Waals surface area contributed by atoms with Crippen LogP contribution in [0.2, 0.25) is 0 Å². The van der Waals surface area contributed by atoms with Crippen LogP contribution < -0.4 is 0 Å². The SMILES string of the molecule is CC(C)C(C)COC1CCN(C(C)C)C1.